The summed E-state index contributed by atoms with van der Waals surface area (Å²) in [4.78, 5) is 12.2. The first-order valence-corrected chi connectivity index (χ1v) is 11.0. The van der Waals surface area contributed by atoms with Gasteiger partial charge >= 0.3 is 5.97 Å². The maximum Gasteiger partial charge on any atom is 0.324 e. The molecule has 0 fully saturated rings. The van der Waals surface area contributed by atoms with Gasteiger partial charge in [0, 0.05) is 0 Å². The smallest absolute Gasteiger partial charge is 0.324 e. The number of thioether (sulfide) groups is 1. The predicted molar refractivity (Wildman–Crippen MR) is 95.8 cm³/mol. The van der Waals surface area contributed by atoms with Gasteiger partial charge in [-0.3, -0.25) is 4.79 Å². The zero-order valence-corrected chi connectivity index (χ0v) is 15.8. The Kier molecular flexibility index (Phi) is 6.96. The summed E-state index contributed by atoms with van der Waals surface area (Å²) in [6.07, 6.45) is 2.93. The maximum absolute atomic E-state index is 12.7. The van der Waals surface area contributed by atoms with E-state index in [1.54, 1.807) is 12.1 Å². The Labute approximate surface area is 149 Å². The van der Waals surface area contributed by atoms with Gasteiger partial charge in [0.25, 0.3) is 0 Å². The average Bonchev–Trinajstić information content (AvgIpc) is 3.04. The van der Waals surface area contributed by atoms with E-state index in [1.807, 2.05) is 13.2 Å². The van der Waals surface area contributed by atoms with Crippen molar-refractivity contribution in [3.05, 3.63) is 18.2 Å². The first kappa shape index (κ1) is 19.1. The molecule has 132 valence electrons. The van der Waals surface area contributed by atoms with E-state index in [4.69, 9.17) is 4.74 Å². The van der Waals surface area contributed by atoms with Crippen molar-refractivity contribution >= 4 is 50.5 Å². The molecule has 0 aliphatic carbocycles. The monoisotopic (exact) mass is 389 g/mol. The van der Waals surface area contributed by atoms with Crippen LogP contribution in [0.3, 0.4) is 0 Å². The second kappa shape index (κ2) is 8.75. The highest BCUT2D eigenvalue weighted by atomic mass is 32.2. The molecule has 1 heterocycles. The number of hydrogen-bond acceptors (Lipinski definition) is 8. The lowest BCUT2D eigenvalue weighted by Crippen LogP contribution is -2.42. The molecule has 0 radical (unpaired) electrons. The van der Waals surface area contributed by atoms with Crippen LogP contribution in [0.5, 0.6) is 0 Å². The van der Waals surface area contributed by atoms with E-state index in [9.17, 15) is 13.2 Å². The molecule has 24 heavy (non-hydrogen) atoms. The van der Waals surface area contributed by atoms with E-state index >= 15 is 0 Å². The summed E-state index contributed by atoms with van der Waals surface area (Å²) in [6.45, 7) is 2.15. The molecule has 1 N–H and O–H groups in total. The van der Waals surface area contributed by atoms with Crippen LogP contribution >= 0.6 is 23.5 Å². The summed E-state index contributed by atoms with van der Waals surface area (Å²) in [5.74, 6) is 0.0784. The summed E-state index contributed by atoms with van der Waals surface area (Å²) in [5, 5.41) is 0. The van der Waals surface area contributed by atoms with Crippen molar-refractivity contribution in [1.29, 1.82) is 0 Å². The van der Waals surface area contributed by atoms with Gasteiger partial charge in [-0.2, -0.15) is 25.2 Å². The van der Waals surface area contributed by atoms with Gasteiger partial charge in [-0.25, -0.2) is 8.42 Å². The first-order chi connectivity index (χ1) is 11.5. The second-order valence-corrected chi connectivity index (χ2v) is 8.21. The zero-order chi connectivity index (χ0) is 17.6. The van der Waals surface area contributed by atoms with Gasteiger partial charge in [0.15, 0.2) is 0 Å². The second-order valence-electron chi connectivity index (χ2n) is 5.01. The summed E-state index contributed by atoms with van der Waals surface area (Å²) >= 11 is 2.48. The molecule has 1 aromatic carbocycles. The summed E-state index contributed by atoms with van der Waals surface area (Å²) in [7, 11) is -3.91. The van der Waals surface area contributed by atoms with E-state index in [0.29, 0.717) is 29.6 Å². The molecule has 2 aromatic rings. The Morgan fingerprint density at radius 1 is 1.42 bits per heavy atom. The molecular weight excluding hydrogens is 370 g/mol. The van der Waals surface area contributed by atoms with Crippen LogP contribution in [0.1, 0.15) is 19.8 Å². The van der Waals surface area contributed by atoms with Crippen LogP contribution in [0, 0.1) is 0 Å². The number of aromatic nitrogens is 2. The van der Waals surface area contributed by atoms with Crippen molar-refractivity contribution in [2.45, 2.75) is 30.7 Å². The van der Waals surface area contributed by atoms with Gasteiger partial charge in [0.2, 0.25) is 10.0 Å². The molecule has 0 saturated heterocycles. The van der Waals surface area contributed by atoms with Gasteiger partial charge in [0.1, 0.15) is 22.0 Å². The molecule has 0 aliphatic rings. The van der Waals surface area contributed by atoms with Crippen molar-refractivity contribution < 1.29 is 17.9 Å². The predicted octanol–water partition coefficient (Wildman–Crippen LogP) is 2.04. The summed E-state index contributed by atoms with van der Waals surface area (Å²) in [5.41, 5.74) is 0.817. The SMILES string of the molecule is CCCOC(=O)[C@H](CCSC)NS(=O)(=O)c1cccc2nsnc12. The summed E-state index contributed by atoms with van der Waals surface area (Å²) in [6, 6.07) is 3.83. The standard InChI is InChI=1S/C14H19N3O4S3/c1-3-8-21-14(18)11(7-9-22-2)17-24(19,20)12-6-4-5-10-13(12)16-23-15-10/h4-6,11,17H,3,7-9H2,1-2H3/t11-/m0/s1. The van der Waals surface area contributed by atoms with Crippen molar-refractivity contribution in [3.8, 4) is 0 Å². The molecular formula is C14H19N3O4S3. The van der Waals surface area contributed by atoms with Crippen molar-refractivity contribution in [2.75, 3.05) is 18.6 Å². The highest BCUT2D eigenvalue weighted by molar-refractivity contribution is 7.98. The Morgan fingerprint density at radius 2 is 2.21 bits per heavy atom. The van der Waals surface area contributed by atoms with Crippen LogP contribution in [0.25, 0.3) is 11.0 Å². The van der Waals surface area contributed by atoms with E-state index in [1.165, 1.54) is 17.8 Å². The Morgan fingerprint density at radius 3 is 2.92 bits per heavy atom. The van der Waals surface area contributed by atoms with Gasteiger partial charge in [-0.05, 0) is 37.0 Å². The van der Waals surface area contributed by atoms with Crippen molar-refractivity contribution in [1.82, 2.24) is 13.5 Å². The molecule has 0 spiro atoms. The average molecular weight is 390 g/mol. The Balaban J connectivity index is 2.25. The van der Waals surface area contributed by atoms with Crippen LogP contribution < -0.4 is 4.72 Å². The molecule has 0 unspecified atom stereocenters. The lowest BCUT2D eigenvalue weighted by Gasteiger charge is -2.17. The third-order valence-electron chi connectivity index (χ3n) is 3.18. The minimum atomic E-state index is -3.91. The molecule has 1 aromatic heterocycles. The topological polar surface area (TPSA) is 98.2 Å². The quantitative estimate of drug-likeness (QED) is 0.655. The number of hydrogen-bond donors (Lipinski definition) is 1. The first-order valence-electron chi connectivity index (χ1n) is 7.38. The van der Waals surface area contributed by atoms with Gasteiger partial charge in [-0.15, -0.1) is 0 Å². The van der Waals surface area contributed by atoms with Gasteiger partial charge < -0.3 is 4.74 Å². The molecule has 0 bridgehead atoms. The number of ether oxygens (including phenoxy) is 1. The fraction of sp³-hybridized carbons (Fsp3) is 0.500. The van der Waals surface area contributed by atoms with Crippen molar-refractivity contribution in [2.24, 2.45) is 0 Å². The fourth-order valence-corrected chi connectivity index (χ4v) is 4.47. The number of benzene rings is 1. The molecule has 7 nitrogen and oxygen atoms in total. The van der Waals surface area contributed by atoms with Gasteiger partial charge in [0.05, 0.1) is 18.3 Å². The third kappa shape index (κ3) is 4.65. The molecule has 1 atom stereocenters. The normalized spacial score (nSPS) is 13.1. The largest absolute Gasteiger partial charge is 0.465 e. The van der Waals surface area contributed by atoms with Gasteiger partial charge in [-0.1, -0.05) is 13.0 Å². The Bertz CT molecular complexity index is 791. The van der Waals surface area contributed by atoms with Crippen molar-refractivity contribution in [3.63, 3.8) is 0 Å². The van der Waals surface area contributed by atoms with E-state index in [-0.39, 0.29) is 11.5 Å². The highest BCUT2D eigenvalue weighted by Gasteiger charge is 2.28. The minimum absolute atomic E-state index is 0.0196. The van der Waals surface area contributed by atoms with E-state index < -0.39 is 22.0 Å². The number of carbonyl (C=O) groups excluding carboxylic acids is 1. The van der Waals surface area contributed by atoms with Crippen LogP contribution in [0.15, 0.2) is 23.1 Å². The summed E-state index contributed by atoms with van der Waals surface area (Å²) < 4.78 is 41.1. The number of sulfonamides is 1. The lowest BCUT2D eigenvalue weighted by atomic mass is 10.2. The molecule has 0 aliphatic heterocycles. The highest BCUT2D eigenvalue weighted by Crippen LogP contribution is 2.21. The number of carbonyl (C=O) groups is 1. The van der Waals surface area contributed by atoms with E-state index in [0.717, 1.165) is 11.7 Å². The number of fused-ring (bicyclic) bond motifs is 1. The minimum Gasteiger partial charge on any atom is -0.465 e. The molecule has 0 amide bonds. The van der Waals surface area contributed by atoms with E-state index in [2.05, 4.69) is 13.5 Å². The van der Waals surface area contributed by atoms with Crippen LogP contribution in [0.4, 0.5) is 0 Å². The fourth-order valence-electron chi connectivity index (χ4n) is 2.01. The Hall–Kier alpha value is -1.23. The van der Waals surface area contributed by atoms with Crippen LogP contribution in [-0.4, -0.2) is 47.8 Å². The van der Waals surface area contributed by atoms with Crippen LogP contribution in [0.2, 0.25) is 0 Å². The third-order valence-corrected chi connectivity index (χ3v) is 5.87. The number of rotatable bonds is 9. The number of esters is 1. The molecule has 0 saturated carbocycles. The number of nitrogens with zero attached hydrogens (tertiary/aromatic N) is 2. The molecule has 2 rings (SSSR count). The molecule has 10 heteroatoms. The maximum atomic E-state index is 12.7. The van der Waals surface area contributed by atoms with Crippen LogP contribution in [-0.2, 0) is 19.6 Å². The lowest BCUT2D eigenvalue weighted by molar-refractivity contribution is -0.145. The zero-order valence-electron chi connectivity index (χ0n) is 13.4. The number of nitrogens with one attached hydrogen (secondary N) is 1.